The molecule has 1 aromatic carbocycles. The number of methoxy groups -OCH3 is 1. The lowest BCUT2D eigenvalue weighted by molar-refractivity contribution is -0.140. The standard InChI is InChI=1S/C36H48F2N4O6/c1-4-25-29-20-42(31(25)21(2)43)34(44)30(23-12-6-5-7-13-23)41-35(45)48-28-15-10-14-22(28)11-8-9-18-36(37,38)32-33(47-29)40-27-19-24(46-3)16-17-26(27)39-32/h16-17,19,22-23,25,28-31H,4-15,18,20H2,1-3H3,(H,41,45)/t22-,25-,28-,29+,30+,31-/m1/s1. The SMILES string of the molecule is CC[C@@H]1[C@@H]2CN(C(=O)[C@H](C3CCCCC3)NC(=O)O[C@@H]3CCC[C@H]3CCCCC(F)(F)c3nc4ccc(OC)cc4nc3O2)[C@@H]1C(C)=O. The van der Waals surface area contributed by atoms with Gasteiger partial charge in [-0.15, -0.1) is 0 Å². The van der Waals surface area contributed by atoms with Crippen molar-refractivity contribution in [3.05, 3.63) is 23.9 Å². The van der Waals surface area contributed by atoms with Gasteiger partial charge in [0.2, 0.25) is 11.8 Å². The molecule has 2 aliphatic heterocycles. The molecule has 6 atom stereocenters. The fraction of sp³-hybridized carbons (Fsp3) is 0.694. The van der Waals surface area contributed by atoms with Crippen molar-refractivity contribution < 1.29 is 37.4 Å². The summed E-state index contributed by atoms with van der Waals surface area (Å²) >= 11 is 0. The summed E-state index contributed by atoms with van der Waals surface area (Å²) in [4.78, 5) is 51.7. The maximum atomic E-state index is 16.2. The van der Waals surface area contributed by atoms with E-state index in [2.05, 4.69) is 15.3 Å². The third kappa shape index (κ3) is 7.08. The number of ketones is 1. The third-order valence-electron chi connectivity index (χ3n) is 11.0. The second-order valence-corrected chi connectivity index (χ2v) is 14.1. The van der Waals surface area contributed by atoms with E-state index in [1.54, 1.807) is 18.2 Å². The van der Waals surface area contributed by atoms with Gasteiger partial charge in [-0.1, -0.05) is 32.6 Å². The van der Waals surface area contributed by atoms with Gasteiger partial charge in [0.25, 0.3) is 5.92 Å². The predicted octanol–water partition coefficient (Wildman–Crippen LogP) is 6.72. The zero-order valence-corrected chi connectivity index (χ0v) is 28.2. The number of nitrogens with zero attached hydrogens (tertiary/aromatic N) is 3. The number of rotatable bonds is 4. The molecule has 2 bridgehead atoms. The summed E-state index contributed by atoms with van der Waals surface area (Å²) in [5, 5.41) is 2.95. The van der Waals surface area contributed by atoms with Crippen molar-refractivity contribution in [2.45, 2.75) is 128 Å². The monoisotopic (exact) mass is 670 g/mol. The molecule has 3 fully saturated rings. The Kier molecular flexibility index (Phi) is 10.4. The van der Waals surface area contributed by atoms with E-state index >= 15 is 8.78 Å². The summed E-state index contributed by atoms with van der Waals surface area (Å²) in [5.74, 6) is -4.29. The van der Waals surface area contributed by atoms with Crippen LogP contribution in [0.25, 0.3) is 11.0 Å². The molecule has 48 heavy (non-hydrogen) atoms. The van der Waals surface area contributed by atoms with Gasteiger partial charge in [-0.25, -0.2) is 14.8 Å². The zero-order chi connectivity index (χ0) is 34.0. The normalized spacial score (nSPS) is 30.3. The molecule has 2 amide bonds. The van der Waals surface area contributed by atoms with E-state index in [1.165, 1.54) is 18.9 Å². The first-order valence-corrected chi connectivity index (χ1v) is 17.8. The largest absolute Gasteiger partial charge is 0.497 e. The Morgan fingerprint density at radius 3 is 2.42 bits per heavy atom. The van der Waals surface area contributed by atoms with Crippen molar-refractivity contribution in [2.24, 2.45) is 17.8 Å². The van der Waals surface area contributed by atoms with Crippen molar-refractivity contribution in [3.63, 3.8) is 0 Å². The fourth-order valence-electron chi connectivity index (χ4n) is 8.53. The number of halogens is 2. The van der Waals surface area contributed by atoms with E-state index in [0.717, 1.165) is 44.9 Å². The van der Waals surface area contributed by atoms with Gasteiger partial charge in [0.05, 0.1) is 30.7 Å². The summed E-state index contributed by atoms with van der Waals surface area (Å²) in [6.45, 7) is 3.30. The third-order valence-corrected chi connectivity index (χ3v) is 11.0. The molecule has 3 heterocycles. The Balaban J connectivity index is 1.42. The number of alkyl halides is 2. The molecule has 0 unspecified atom stereocenters. The lowest BCUT2D eigenvalue weighted by Crippen LogP contribution is -2.55. The molecule has 2 aliphatic carbocycles. The maximum absolute atomic E-state index is 16.2. The molecule has 2 aromatic rings. The van der Waals surface area contributed by atoms with Crippen LogP contribution in [0.3, 0.4) is 0 Å². The van der Waals surface area contributed by atoms with Crippen LogP contribution in [0.4, 0.5) is 13.6 Å². The second kappa shape index (κ2) is 14.5. The van der Waals surface area contributed by atoms with Crippen LogP contribution in [-0.2, 0) is 20.2 Å². The van der Waals surface area contributed by atoms with Crippen LogP contribution in [0, 0.1) is 17.8 Å². The minimum atomic E-state index is -3.35. The molecule has 6 rings (SSSR count). The maximum Gasteiger partial charge on any atom is 0.408 e. The number of carbonyl (C=O) groups excluding carboxylic acids is 3. The highest BCUT2D eigenvalue weighted by molar-refractivity contribution is 5.92. The Morgan fingerprint density at radius 2 is 1.69 bits per heavy atom. The summed E-state index contributed by atoms with van der Waals surface area (Å²) < 4.78 is 50.0. The van der Waals surface area contributed by atoms with E-state index < -0.39 is 48.2 Å². The van der Waals surface area contributed by atoms with E-state index in [9.17, 15) is 14.4 Å². The van der Waals surface area contributed by atoms with Crippen molar-refractivity contribution >= 4 is 28.8 Å². The van der Waals surface area contributed by atoms with E-state index in [0.29, 0.717) is 36.9 Å². The number of hydrogen-bond acceptors (Lipinski definition) is 8. The van der Waals surface area contributed by atoms with Gasteiger partial charge < -0.3 is 24.4 Å². The van der Waals surface area contributed by atoms with Gasteiger partial charge in [0.15, 0.2) is 11.5 Å². The van der Waals surface area contributed by atoms with Crippen LogP contribution < -0.4 is 14.8 Å². The number of benzene rings is 1. The number of carbonyl (C=O) groups is 3. The van der Waals surface area contributed by atoms with Crippen molar-refractivity contribution in [1.82, 2.24) is 20.2 Å². The number of Topliss-reactive ketones (excluding diaryl/α,β-unsaturated/α-hetero) is 1. The summed E-state index contributed by atoms with van der Waals surface area (Å²) in [7, 11) is 1.51. The van der Waals surface area contributed by atoms with Crippen molar-refractivity contribution in [3.8, 4) is 11.6 Å². The van der Waals surface area contributed by atoms with E-state index in [4.69, 9.17) is 14.2 Å². The van der Waals surface area contributed by atoms with E-state index in [-0.39, 0.29) is 54.0 Å². The van der Waals surface area contributed by atoms with Crippen LogP contribution in [-0.4, -0.2) is 70.6 Å². The molecule has 12 heteroatoms. The van der Waals surface area contributed by atoms with Crippen LogP contribution in [0.15, 0.2) is 18.2 Å². The molecule has 4 aliphatic rings. The number of amides is 2. The van der Waals surface area contributed by atoms with Crippen LogP contribution in [0.1, 0.15) is 103 Å². The first-order chi connectivity index (χ1) is 23.1. The van der Waals surface area contributed by atoms with Crippen LogP contribution in [0.2, 0.25) is 0 Å². The lowest BCUT2D eigenvalue weighted by atomic mass is 9.83. The topological polar surface area (TPSA) is 120 Å². The quantitative estimate of drug-likeness (QED) is 0.381. The van der Waals surface area contributed by atoms with Gasteiger partial charge in [-0.05, 0) is 82.3 Å². The van der Waals surface area contributed by atoms with Crippen molar-refractivity contribution in [2.75, 3.05) is 13.7 Å². The Hall–Kier alpha value is -3.57. The van der Waals surface area contributed by atoms with Crippen LogP contribution in [0.5, 0.6) is 11.6 Å². The molecular weight excluding hydrogens is 622 g/mol. The minimum absolute atomic E-state index is 0.0188. The molecule has 262 valence electrons. The number of aromatic nitrogens is 2. The smallest absolute Gasteiger partial charge is 0.408 e. The first-order valence-electron chi connectivity index (χ1n) is 17.8. The zero-order valence-electron chi connectivity index (χ0n) is 28.2. The summed E-state index contributed by atoms with van der Waals surface area (Å²) in [6.07, 6.45) is 6.58. The van der Waals surface area contributed by atoms with Gasteiger partial charge in [-0.3, -0.25) is 9.59 Å². The van der Waals surface area contributed by atoms with E-state index in [1.807, 2.05) is 6.92 Å². The number of fused-ring (bicyclic) bond motifs is 5. The number of ether oxygens (including phenoxy) is 3. The van der Waals surface area contributed by atoms with Gasteiger partial charge >= 0.3 is 6.09 Å². The Bertz CT molecular complexity index is 1500. The summed E-state index contributed by atoms with van der Waals surface area (Å²) in [6, 6.07) is 3.14. The molecule has 0 radical (unpaired) electrons. The molecule has 2 saturated carbocycles. The molecule has 1 saturated heterocycles. The first kappa shape index (κ1) is 34.3. The van der Waals surface area contributed by atoms with Crippen LogP contribution >= 0.6 is 0 Å². The highest BCUT2D eigenvalue weighted by Crippen LogP contribution is 2.42. The van der Waals surface area contributed by atoms with Gasteiger partial charge in [0.1, 0.15) is 24.0 Å². The minimum Gasteiger partial charge on any atom is -0.497 e. The number of alkyl carbamates (subject to hydrolysis) is 1. The average Bonchev–Trinajstić information content (AvgIpc) is 3.68. The van der Waals surface area contributed by atoms with Gasteiger partial charge in [0, 0.05) is 18.4 Å². The Labute approximate surface area is 280 Å². The van der Waals surface area contributed by atoms with Crippen molar-refractivity contribution in [1.29, 1.82) is 0 Å². The number of hydrogen-bond donors (Lipinski definition) is 1. The molecule has 1 N–H and O–H groups in total. The molecule has 1 aromatic heterocycles. The van der Waals surface area contributed by atoms with Gasteiger partial charge in [-0.2, -0.15) is 8.78 Å². The molecule has 10 nitrogen and oxygen atoms in total. The fourth-order valence-corrected chi connectivity index (χ4v) is 8.53. The highest BCUT2D eigenvalue weighted by Gasteiger charge is 2.50. The predicted molar refractivity (Wildman–Crippen MR) is 174 cm³/mol. The molecule has 0 spiro atoms. The lowest BCUT2D eigenvalue weighted by Gasteiger charge is -2.35. The highest BCUT2D eigenvalue weighted by atomic mass is 19.3. The molecular formula is C36H48F2N4O6. The second-order valence-electron chi connectivity index (χ2n) is 14.1. The Morgan fingerprint density at radius 1 is 0.958 bits per heavy atom. The summed E-state index contributed by atoms with van der Waals surface area (Å²) in [5.41, 5.74) is 0.0732. The average molecular weight is 671 g/mol. The number of nitrogens with one attached hydrogen (secondary N) is 1.